The summed E-state index contributed by atoms with van der Waals surface area (Å²) in [6.07, 6.45) is 3.42. The molecule has 0 saturated heterocycles. The lowest BCUT2D eigenvalue weighted by Crippen LogP contribution is -2.17. The molecule has 2 aromatic carbocycles. The van der Waals surface area contributed by atoms with Gasteiger partial charge in [-0.25, -0.2) is 5.43 Å². The summed E-state index contributed by atoms with van der Waals surface area (Å²) in [5, 5.41) is 13.2. The van der Waals surface area contributed by atoms with Crippen molar-refractivity contribution in [1.29, 1.82) is 0 Å². The maximum Gasteiger partial charge on any atom is 0.240 e. The summed E-state index contributed by atoms with van der Waals surface area (Å²) in [6.45, 7) is 0. The molecule has 0 aliphatic rings. The maximum atomic E-state index is 11.8. The molecule has 1 amide bonds. The summed E-state index contributed by atoms with van der Waals surface area (Å²) in [7, 11) is 3.14. The van der Waals surface area contributed by atoms with Crippen LogP contribution in [-0.2, 0) is 11.2 Å². The van der Waals surface area contributed by atoms with Crippen molar-refractivity contribution in [2.24, 2.45) is 5.10 Å². The van der Waals surface area contributed by atoms with Crippen molar-refractivity contribution in [1.82, 2.24) is 5.43 Å². The van der Waals surface area contributed by atoms with Crippen molar-refractivity contribution in [3.8, 4) is 17.2 Å². The van der Waals surface area contributed by atoms with Crippen molar-refractivity contribution in [2.75, 3.05) is 14.2 Å². The van der Waals surface area contributed by atoms with Crippen molar-refractivity contribution < 1.29 is 19.4 Å². The molecule has 2 rings (SSSR count). The predicted octanol–water partition coefficient (Wildman–Crippen LogP) is 2.88. The fourth-order valence-corrected chi connectivity index (χ4v) is 2.28. The predicted molar refractivity (Wildman–Crippen MR) is 96.3 cm³/mol. The fourth-order valence-electron chi connectivity index (χ4n) is 2.28. The standard InChI is InChI=1S/C19H22N2O4/c1-24-17-11-8-15(12-18(17)25-2)13-20-21-19(23)5-3-4-14-6-9-16(22)10-7-14/h6-13,22H,3-5H2,1-2H3,(H,21,23). The van der Waals surface area contributed by atoms with Crippen LogP contribution in [-0.4, -0.2) is 31.4 Å². The van der Waals surface area contributed by atoms with Crippen LogP contribution in [0, 0.1) is 0 Å². The quantitative estimate of drug-likeness (QED) is 0.571. The number of hydrazone groups is 1. The van der Waals surface area contributed by atoms with Gasteiger partial charge < -0.3 is 14.6 Å². The molecule has 0 atom stereocenters. The average molecular weight is 342 g/mol. The molecule has 0 saturated carbocycles. The highest BCUT2D eigenvalue weighted by Crippen LogP contribution is 2.26. The van der Waals surface area contributed by atoms with Gasteiger partial charge in [0.15, 0.2) is 11.5 Å². The van der Waals surface area contributed by atoms with E-state index in [1.807, 2.05) is 18.2 Å². The van der Waals surface area contributed by atoms with Gasteiger partial charge in [-0.15, -0.1) is 0 Å². The molecule has 0 radical (unpaired) electrons. The van der Waals surface area contributed by atoms with Crippen LogP contribution < -0.4 is 14.9 Å². The molecule has 6 nitrogen and oxygen atoms in total. The van der Waals surface area contributed by atoms with Crippen LogP contribution in [0.5, 0.6) is 17.2 Å². The van der Waals surface area contributed by atoms with Gasteiger partial charge >= 0.3 is 0 Å². The summed E-state index contributed by atoms with van der Waals surface area (Å²) in [5.74, 6) is 1.34. The normalized spacial score (nSPS) is 10.6. The molecule has 0 fully saturated rings. The zero-order valence-corrected chi connectivity index (χ0v) is 14.4. The van der Waals surface area contributed by atoms with Gasteiger partial charge in [0.05, 0.1) is 20.4 Å². The van der Waals surface area contributed by atoms with Crippen molar-refractivity contribution in [3.05, 3.63) is 53.6 Å². The number of aryl methyl sites for hydroxylation is 1. The van der Waals surface area contributed by atoms with E-state index in [1.165, 1.54) is 0 Å². The summed E-state index contributed by atoms with van der Waals surface area (Å²) < 4.78 is 10.4. The molecular weight excluding hydrogens is 320 g/mol. The number of rotatable bonds is 8. The van der Waals surface area contributed by atoms with Crippen LogP contribution in [0.15, 0.2) is 47.6 Å². The van der Waals surface area contributed by atoms with Crippen LogP contribution in [0.4, 0.5) is 0 Å². The Morgan fingerprint density at radius 3 is 2.52 bits per heavy atom. The van der Waals surface area contributed by atoms with Crippen LogP contribution >= 0.6 is 0 Å². The van der Waals surface area contributed by atoms with Gasteiger partial charge in [-0.2, -0.15) is 5.10 Å². The van der Waals surface area contributed by atoms with Crippen molar-refractivity contribution in [3.63, 3.8) is 0 Å². The highest BCUT2D eigenvalue weighted by Gasteiger charge is 2.04. The number of phenolic OH excluding ortho intramolecular Hbond substituents is 1. The number of amides is 1. The first kappa shape index (κ1) is 18.3. The van der Waals surface area contributed by atoms with Gasteiger partial charge in [0, 0.05) is 6.42 Å². The Balaban J connectivity index is 1.77. The second-order valence-corrected chi connectivity index (χ2v) is 5.43. The lowest BCUT2D eigenvalue weighted by atomic mass is 10.1. The number of methoxy groups -OCH3 is 2. The van der Waals surface area contributed by atoms with Gasteiger partial charge in [-0.1, -0.05) is 12.1 Å². The minimum atomic E-state index is -0.143. The number of phenols is 1. The SMILES string of the molecule is COc1ccc(C=NNC(=O)CCCc2ccc(O)cc2)cc1OC. The third-order valence-corrected chi connectivity index (χ3v) is 3.62. The second-order valence-electron chi connectivity index (χ2n) is 5.43. The summed E-state index contributed by atoms with van der Waals surface area (Å²) >= 11 is 0. The molecular formula is C19H22N2O4. The van der Waals surface area contributed by atoms with E-state index >= 15 is 0 Å². The molecule has 25 heavy (non-hydrogen) atoms. The Morgan fingerprint density at radius 2 is 1.84 bits per heavy atom. The average Bonchev–Trinajstić information content (AvgIpc) is 2.63. The van der Waals surface area contributed by atoms with Crippen molar-refractivity contribution in [2.45, 2.75) is 19.3 Å². The Morgan fingerprint density at radius 1 is 1.12 bits per heavy atom. The maximum absolute atomic E-state index is 11.8. The number of ether oxygens (including phenoxy) is 2. The zero-order chi connectivity index (χ0) is 18.1. The lowest BCUT2D eigenvalue weighted by molar-refractivity contribution is -0.121. The van der Waals surface area contributed by atoms with E-state index in [9.17, 15) is 9.90 Å². The third kappa shape index (κ3) is 5.84. The monoisotopic (exact) mass is 342 g/mol. The Hall–Kier alpha value is -3.02. The number of hydrogen-bond donors (Lipinski definition) is 2. The van der Waals surface area contributed by atoms with Gasteiger partial charge in [0.25, 0.3) is 0 Å². The van der Waals surface area contributed by atoms with Crippen LogP contribution in [0.2, 0.25) is 0 Å². The number of nitrogens with zero attached hydrogens (tertiary/aromatic N) is 1. The van der Waals surface area contributed by atoms with E-state index in [0.717, 1.165) is 17.5 Å². The molecule has 0 aliphatic carbocycles. The highest BCUT2D eigenvalue weighted by atomic mass is 16.5. The number of carbonyl (C=O) groups excluding carboxylic acids is 1. The molecule has 2 aromatic rings. The molecule has 6 heteroatoms. The third-order valence-electron chi connectivity index (χ3n) is 3.62. The van der Waals surface area contributed by atoms with Gasteiger partial charge in [0.2, 0.25) is 5.91 Å². The number of carbonyl (C=O) groups is 1. The van der Waals surface area contributed by atoms with E-state index in [2.05, 4.69) is 10.5 Å². The molecule has 2 N–H and O–H groups in total. The first-order valence-electron chi connectivity index (χ1n) is 7.94. The number of nitrogens with one attached hydrogen (secondary N) is 1. The molecule has 0 heterocycles. The minimum absolute atomic E-state index is 0.143. The lowest BCUT2D eigenvalue weighted by Gasteiger charge is -2.07. The fraction of sp³-hybridized carbons (Fsp3) is 0.263. The van der Waals surface area contributed by atoms with E-state index in [4.69, 9.17) is 9.47 Å². The highest BCUT2D eigenvalue weighted by molar-refractivity contribution is 5.83. The molecule has 0 unspecified atom stereocenters. The van der Waals surface area contributed by atoms with Gasteiger partial charge in [0.1, 0.15) is 5.75 Å². The molecule has 0 aliphatic heterocycles. The summed E-state index contributed by atoms with van der Waals surface area (Å²) in [6, 6.07) is 12.4. The number of hydrogen-bond acceptors (Lipinski definition) is 5. The first-order valence-corrected chi connectivity index (χ1v) is 7.94. The second kappa shape index (κ2) is 9.32. The van der Waals surface area contributed by atoms with E-state index in [-0.39, 0.29) is 11.7 Å². The molecule has 0 aromatic heterocycles. The van der Waals surface area contributed by atoms with E-state index in [0.29, 0.717) is 24.3 Å². The van der Waals surface area contributed by atoms with Crippen LogP contribution in [0.3, 0.4) is 0 Å². The van der Waals surface area contributed by atoms with E-state index < -0.39 is 0 Å². The van der Waals surface area contributed by atoms with Gasteiger partial charge in [-0.05, 0) is 54.3 Å². The summed E-state index contributed by atoms with van der Waals surface area (Å²) in [5.41, 5.74) is 4.39. The molecule has 0 spiro atoms. The summed E-state index contributed by atoms with van der Waals surface area (Å²) in [4.78, 5) is 11.8. The largest absolute Gasteiger partial charge is 0.508 e. The minimum Gasteiger partial charge on any atom is -0.508 e. The van der Waals surface area contributed by atoms with Crippen LogP contribution in [0.25, 0.3) is 0 Å². The number of aromatic hydroxyl groups is 1. The molecule has 132 valence electrons. The van der Waals surface area contributed by atoms with E-state index in [1.54, 1.807) is 44.7 Å². The molecule has 0 bridgehead atoms. The zero-order valence-electron chi connectivity index (χ0n) is 14.4. The smallest absolute Gasteiger partial charge is 0.240 e. The Bertz CT molecular complexity index is 727. The Labute approximate surface area is 147 Å². The number of benzene rings is 2. The topological polar surface area (TPSA) is 80.2 Å². The van der Waals surface area contributed by atoms with Crippen LogP contribution in [0.1, 0.15) is 24.0 Å². The first-order chi connectivity index (χ1) is 12.1. The van der Waals surface area contributed by atoms with Gasteiger partial charge in [-0.3, -0.25) is 4.79 Å². The van der Waals surface area contributed by atoms with Crippen molar-refractivity contribution >= 4 is 12.1 Å². The Kier molecular flexibility index (Phi) is 6.83.